The summed E-state index contributed by atoms with van der Waals surface area (Å²) in [5.41, 5.74) is 14.1. The van der Waals surface area contributed by atoms with E-state index in [1.807, 2.05) is 24.3 Å². The summed E-state index contributed by atoms with van der Waals surface area (Å²) in [7, 11) is 0. The SMILES string of the molecule is N#Cc1nc(Sc2cccnc2C(F)(F)F)c(N)nc1C1c2ccccc2[C@@H](N)C12CCNCC2. The molecule has 35 heavy (non-hydrogen) atoms. The minimum atomic E-state index is -4.64. The number of anilines is 1. The number of piperidine rings is 1. The number of benzene rings is 1. The van der Waals surface area contributed by atoms with E-state index in [9.17, 15) is 18.4 Å². The largest absolute Gasteiger partial charge is 0.434 e. The monoisotopic (exact) mass is 497 g/mol. The Morgan fingerprint density at radius 1 is 1.09 bits per heavy atom. The fraction of sp³-hybridized carbons (Fsp3) is 0.333. The number of nitrogens with one attached hydrogen (secondary N) is 1. The molecule has 0 bridgehead atoms. The van der Waals surface area contributed by atoms with Crippen LogP contribution in [0.4, 0.5) is 19.0 Å². The van der Waals surface area contributed by atoms with E-state index in [2.05, 4.69) is 26.3 Å². The van der Waals surface area contributed by atoms with Crippen molar-refractivity contribution in [3.05, 3.63) is 70.8 Å². The molecule has 5 rings (SSSR count). The number of fused-ring (bicyclic) bond motifs is 1. The lowest BCUT2D eigenvalue weighted by Crippen LogP contribution is -2.44. The Morgan fingerprint density at radius 2 is 1.80 bits per heavy atom. The van der Waals surface area contributed by atoms with Crippen LogP contribution in [0.25, 0.3) is 0 Å². The summed E-state index contributed by atoms with van der Waals surface area (Å²) in [4.78, 5) is 12.3. The standard InChI is InChI=1S/C24H22F3N7S/c25-24(26,27)20-16(6-3-9-32-20)35-22-21(30)34-18(15(12-28)33-22)17-13-4-1-2-5-14(13)19(29)23(17)7-10-31-11-8-23/h1-6,9,17,19,31H,7-8,10-11,29H2,(H2,30,34)/t17?,19-/m1/s1. The first-order valence-electron chi connectivity index (χ1n) is 11.1. The van der Waals surface area contributed by atoms with Gasteiger partial charge in [-0.25, -0.2) is 9.97 Å². The van der Waals surface area contributed by atoms with Gasteiger partial charge in [-0.1, -0.05) is 36.0 Å². The van der Waals surface area contributed by atoms with E-state index >= 15 is 0 Å². The maximum atomic E-state index is 13.4. The van der Waals surface area contributed by atoms with Crippen molar-refractivity contribution < 1.29 is 13.2 Å². The van der Waals surface area contributed by atoms with Gasteiger partial charge in [0, 0.05) is 28.5 Å². The van der Waals surface area contributed by atoms with Gasteiger partial charge in [0.1, 0.15) is 11.1 Å². The molecule has 7 nitrogen and oxygen atoms in total. The van der Waals surface area contributed by atoms with E-state index in [1.54, 1.807) is 0 Å². The van der Waals surface area contributed by atoms with Crippen molar-refractivity contribution in [2.45, 2.75) is 40.9 Å². The van der Waals surface area contributed by atoms with E-state index < -0.39 is 11.9 Å². The lowest BCUT2D eigenvalue weighted by atomic mass is 9.66. The van der Waals surface area contributed by atoms with Crippen LogP contribution in [0, 0.1) is 16.7 Å². The van der Waals surface area contributed by atoms with E-state index in [1.165, 1.54) is 12.1 Å². The Labute approximate surface area is 204 Å². The second-order valence-corrected chi connectivity index (χ2v) is 9.76. The van der Waals surface area contributed by atoms with Gasteiger partial charge in [0.05, 0.1) is 5.69 Å². The zero-order valence-electron chi connectivity index (χ0n) is 18.5. The Balaban J connectivity index is 1.62. The van der Waals surface area contributed by atoms with E-state index in [-0.39, 0.29) is 38.8 Å². The average molecular weight is 498 g/mol. The normalized spacial score (nSPS) is 21.0. The first-order chi connectivity index (χ1) is 16.8. The predicted molar refractivity (Wildman–Crippen MR) is 124 cm³/mol. The molecule has 5 N–H and O–H groups in total. The van der Waals surface area contributed by atoms with Crippen LogP contribution < -0.4 is 16.8 Å². The highest BCUT2D eigenvalue weighted by Gasteiger charge is 2.54. The maximum Gasteiger partial charge on any atom is 0.434 e. The number of halogens is 3. The van der Waals surface area contributed by atoms with Crippen molar-refractivity contribution in [1.82, 2.24) is 20.3 Å². The van der Waals surface area contributed by atoms with Gasteiger partial charge in [-0.3, -0.25) is 4.98 Å². The third-order valence-corrected chi connectivity index (χ3v) is 7.96. The lowest BCUT2D eigenvalue weighted by molar-refractivity contribution is -0.143. The molecule has 11 heteroatoms. The van der Waals surface area contributed by atoms with Crippen molar-refractivity contribution in [1.29, 1.82) is 5.26 Å². The van der Waals surface area contributed by atoms with Gasteiger partial charge in [-0.2, -0.15) is 18.4 Å². The number of rotatable bonds is 3. The molecule has 1 unspecified atom stereocenters. The summed E-state index contributed by atoms with van der Waals surface area (Å²) >= 11 is 0.695. The highest BCUT2D eigenvalue weighted by Crippen LogP contribution is 2.60. The Morgan fingerprint density at radius 3 is 2.49 bits per heavy atom. The molecule has 1 fully saturated rings. The van der Waals surface area contributed by atoms with Crippen LogP contribution in [0.3, 0.4) is 0 Å². The van der Waals surface area contributed by atoms with Crippen molar-refractivity contribution in [2.75, 3.05) is 18.8 Å². The van der Waals surface area contributed by atoms with Crippen LogP contribution in [0.2, 0.25) is 0 Å². The summed E-state index contributed by atoms with van der Waals surface area (Å²) < 4.78 is 40.3. The van der Waals surface area contributed by atoms with Gasteiger partial charge >= 0.3 is 6.18 Å². The quantitative estimate of drug-likeness (QED) is 0.496. The van der Waals surface area contributed by atoms with Gasteiger partial charge in [0.15, 0.2) is 17.2 Å². The first-order valence-corrected chi connectivity index (χ1v) is 11.9. The summed E-state index contributed by atoms with van der Waals surface area (Å²) in [6, 6.07) is 12.4. The third-order valence-electron chi connectivity index (χ3n) is 6.91. The number of nitriles is 1. The van der Waals surface area contributed by atoms with Crippen molar-refractivity contribution in [3.8, 4) is 6.07 Å². The zero-order chi connectivity index (χ0) is 24.8. The number of nitrogens with zero attached hydrogens (tertiary/aromatic N) is 4. The van der Waals surface area contributed by atoms with Gasteiger partial charge in [0.2, 0.25) is 0 Å². The molecule has 0 radical (unpaired) electrons. The molecule has 1 saturated heterocycles. The molecular formula is C24H22F3N7S. The van der Waals surface area contributed by atoms with Crippen molar-refractivity contribution >= 4 is 17.6 Å². The fourth-order valence-electron chi connectivity index (χ4n) is 5.36. The number of nitrogen functional groups attached to an aromatic ring is 1. The minimum absolute atomic E-state index is 0.0266. The second-order valence-electron chi connectivity index (χ2n) is 8.73. The first kappa shape index (κ1) is 23.5. The van der Waals surface area contributed by atoms with Crippen LogP contribution >= 0.6 is 11.8 Å². The highest BCUT2D eigenvalue weighted by atomic mass is 32.2. The molecule has 0 saturated carbocycles. The van der Waals surface area contributed by atoms with Crippen molar-refractivity contribution in [3.63, 3.8) is 0 Å². The van der Waals surface area contributed by atoms with Crippen LogP contribution in [0.5, 0.6) is 0 Å². The summed E-state index contributed by atoms with van der Waals surface area (Å²) in [5.74, 6) is -0.341. The highest BCUT2D eigenvalue weighted by molar-refractivity contribution is 7.99. The Hall–Kier alpha value is -3.20. The number of alkyl halides is 3. The summed E-state index contributed by atoms with van der Waals surface area (Å²) in [6.07, 6.45) is -2.01. The van der Waals surface area contributed by atoms with E-state index in [0.29, 0.717) is 17.5 Å². The average Bonchev–Trinajstić information content (AvgIpc) is 3.08. The molecule has 1 aliphatic heterocycles. The molecule has 2 aromatic heterocycles. The van der Waals surface area contributed by atoms with Gasteiger partial charge in [-0.05, 0) is 49.2 Å². The molecule has 3 aromatic rings. The summed E-state index contributed by atoms with van der Waals surface area (Å²) in [5, 5.41) is 13.4. The summed E-state index contributed by atoms with van der Waals surface area (Å²) in [6.45, 7) is 1.55. The van der Waals surface area contributed by atoms with Crippen LogP contribution in [0.1, 0.15) is 53.0 Å². The molecule has 1 spiro atoms. The maximum absolute atomic E-state index is 13.4. The molecule has 1 aliphatic carbocycles. The molecule has 180 valence electrons. The smallest absolute Gasteiger partial charge is 0.381 e. The third kappa shape index (κ3) is 3.91. The number of hydrogen-bond donors (Lipinski definition) is 3. The number of aromatic nitrogens is 3. The topological polar surface area (TPSA) is 127 Å². The predicted octanol–water partition coefficient (Wildman–Crippen LogP) is 4.01. The van der Waals surface area contributed by atoms with Crippen LogP contribution in [0.15, 0.2) is 52.5 Å². The Kier molecular flexibility index (Phi) is 5.91. The number of nitrogens with two attached hydrogens (primary N) is 2. The Bertz CT molecular complexity index is 1320. The molecule has 1 aromatic carbocycles. The number of hydrogen-bond acceptors (Lipinski definition) is 8. The van der Waals surface area contributed by atoms with Gasteiger partial charge in [-0.15, -0.1) is 0 Å². The van der Waals surface area contributed by atoms with Crippen LogP contribution in [-0.4, -0.2) is 28.0 Å². The molecule has 2 atom stereocenters. The van der Waals surface area contributed by atoms with E-state index in [4.69, 9.17) is 11.5 Å². The lowest BCUT2D eigenvalue weighted by Gasteiger charge is -2.42. The second kappa shape index (κ2) is 8.78. The molecule has 2 aliphatic rings. The molecule has 0 amide bonds. The zero-order valence-corrected chi connectivity index (χ0v) is 19.3. The van der Waals surface area contributed by atoms with Crippen LogP contribution in [-0.2, 0) is 6.18 Å². The fourth-order valence-corrected chi connectivity index (χ4v) is 6.27. The van der Waals surface area contributed by atoms with Gasteiger partial charge < -0.3 is 16.8 Å². The van der Waals surface area contributed by atoms with Crippen molar-refractivity contribution in [2.24, 2.45) is 11.1 Å². The molecule has 3 heterocycles. The van der Waals surface area contributed by atoms with Gasteiger partial charge in [0.25, 0.3) is 0 Å². The minimum Gasteiger partial charge on any atom is -0.381 e. The van der Waals surface area contributed by atoms with E-state index in [0.717, 1.165) is 43.3 Å². The number of pyridine rings is 1. The molecular weight excluding hydrogens is 475 g/mol.